The van der Waals surface area contributed by atoms with Crippen molar-refractivity contribution in [2.45, 2.75) is 19.3 Å². The van der Waals surface area contributed by atoms with Gasteiger partial charge in [0, 0.05) is 16.5 Å². The fourth-order valence-electron chi connectivity index (χ4n) is 8.50. The van der Waals surface area contributed by atoms with Crippen LogP contribution in [0.4, 0.5) is 0 Å². The molecule has 10 rings (SSSR count). The molecule has 0 aliphatic heterocycles. The zero-order chi connectivity index (χ0) is 34.1. The molecule has 1 aromatic heterocycles. The zero-order valence-corrected chi connectivity index (χ0v) is 28.7. The molecule has 0 radical (unpaired) electrons. The van der Waals surface area contributed by atoms with Gasteiger partial charge in [0.25, 0.3) is 0 Å². The summed E-state index contributed by atoms with van der Waals surface area (Å²) in [7, 11) is 0. The Morgan fingerprint density at radius 1 is 0.373 bits per heavy atom. The average Bonchev–Trinajstić information content (AvgIpc) is 3.43. The van der Waals surface area contributed by atoms with Gasteiger partial charge in [0.2, 0.25) is 0 Å². The Bertz CT molecular complexity index is 2750. The van der Waals surface area contributed by atoms with Crippen LogP contribution < -0.4 is 0 Å². The third-order valence-corrected chi connectivity index (χ3v) is 11.0. The Morgan fingerprint density at radius 2 is 0.941 bits per heavy atom. The van der Waals surface area contributed by atoms with Crippen molar-refractivity contribution >= 4 is 32.3 Å². The summed E-state index contributed by atoms with van der Waals surface area (Å²) in [4.78, 5) is 5.20. The SMILES string of the molecule is CC1(C)c2cc3cc(-c4cccc(-c5cc(-c6ccccc6)cc(-c6ccccc6)n5)c4)ccc3cc2-c2c1c1ccccc1c1ccccc21. The molecule has 1 aliphatic rings. The van der Waals surface area contributed by atoms with Gasteiger partial charge in [-0.15, -0.1) is 0 Å². The standard InChI is InChI=1S/C50H35N/c1-50(2)45-29-38-27-35(24-25-36(38)28-44(45)48-42-22-11-9-20-40(42)41-21-10-12-23-43(41)49(48)50)34-18-13-19-37(26-34)47-31-39(32-14-5-3-6-15-32)30-46(51-47)33-16-7-4-8-17-33/h3-31H,1-2H3. The summed E-state index contributed by atoms with van der Waals surface area (Å²) in [6, 6.07) is 64.0. The van der Waals surface area contributed by atoms with E-state index < -0.39 is 0 Å². The summed E-state index contributed by atoms with van der Waals surface area (Å²) in [6.45, 7) is 4.80. The molecule has 0 unspecified atom stereocenters. The van der Waals surface area contributed by atoms with Gasteiger partial charge in [0.15, 0.2) is 0 Å². The predicted octanol–water partition coefficient (Wildman–Crippen LogP) is 13.5. The highest BCUT2D eigenvalue weighted by atomic mass is 14.7. The highest BCUT2D eigenvalue weighted by Gasteiger charge is 2.38. The number of rotatable bonds is 4. The van der Waals surface area contributed by atoms with E-state index in [-0.39, 0.29) is 5.41 Å². The minimum absolute atomic E-state index is 0.135. The van der Waals surface area contributed by atoms with E-state index in [1.54, 1.807) is 0 Å². The molecule has 0 fully saturated rings. The van der Waals surface area contributed by atoms with Crippen molar-refractivity contribution in [2.75, 3.05) is 0 Å². The molecule has 1 nitrogen and oxygen atoms in total. The third-order valence-electron chi connectivity index (χ3n) is 11.0. The predicted molar refractivity (Wildman–Crippen MR) is 216 cm³/mol. The van der Waals surface area contributed by atoms with Gasteiger partial charge in [-0.25, -0.2) is 4.98 Å². The van der Waals surface area contributed by atoms with Gasteiger partial charge < -0.3 is 0 Å². The minimum atomic E-state index is -0.135. The number of hydrogen-bond donors (Lipinski definition) is 0. The van der Waals surface area contributed by atoms with E-state index in [2.05, 4.69) is 190 Å². The highest BCUT2D eigenvalue weighted by molar-refractivity contribution is 6.19. The van der Waals surface area contributed by atoms with Crippen molar-refractivity contribution < 1.29 is 0 Å². The molecular weight excluding hydrogens is 615 g/mol. The highest BCUT2D eigenvalue weighted by Crippen LogP contribution is 2.55. The second kappa shape index (κ2) is 11.4. The fourth-order valence-corrected chi connectivity index (χ4v) is 8.50. The van der Waals surface area contributed by atoms with E-state index in [4.69, 9.17) is 4.98 Å². The quantitative estimate of drug-likeness (QED) is 0.173. The van der Waals surface area contributed by atoms with Gasteiger partial charge in [0.05, 0.1) is 11.4 Å². The Hall–Kier alpha value is -6.31. The van der Waals surface area contributed by atoms with Crippen LogP contribution in [0.25, 0.3) is 88.2 Å². The first-order chi connectivity index (χ1) is 25.0. The van der Waals surface area contributed by atoms with Gasteiger partial charge in [-0.05, 0) is 113 Å². The van der Waals surface area contributed by atoms with Crippen LogP contribution in [0.15, 0.2) is 176 Å². The van der Waals surface area contributed by atoms with Gasteiger partial charge in [-0.2, -0.15) is 0 Å². The number of aromatic nitrogens is 1. The van der Waals surface area contributed by atoms with Gasteiger partial charge >= 0.3 is 0 Å². The van der Waals surface area contributed by atoms with E-state index in [1.807, 2.05) is 0 Å². The summed E-state index contributed by atoms with van der Waals surface area (Å²) in [5.41, 5.74) is 14.3. The lowest BCUT2D eigenvalue weighted by molar-refractivity contribution is 0.667. The topological polar surface area (TPSA) is 12.9 Å². The molecule has 1 heteroatoms. The molecule has 1 aliphatic carbocycles. The molecule has 240 valence electrons. The molecule has 0 bridgehead atoms. The second-order valence-corrected chi connectivity index (χ2v) is 14.4. The Morgan fingerprint density at radius 3 is 1.69 bits per heavy atom. The van der Waals surface area contributed by atoms with E-state index in [0.717, 1.165) is 28.1 Å². The van der Waals surface area contributed by atoms with Crippen LogP contribution in [-0.4, -0.2) is 4.98 Å². The number of hydrogen-bond acceptors (Lipinski definition) is 1. The normalized spacial score (nSPS) is 13.1. The third kappa shape index (κ3) is 4.73. The summed E-state index contributed by atoms with van der Waals surface area (Å²) >= 11 is 0. The van der Waals surface area contributed by atoms with Crippen molar-refractivity contribution in [1.82, 2.24) is 4.98 Å². The fraction of sp³-hybridized carbons (Fsp3) is 0.0600. The number of pyridine rings is 1. The Labute approximate surface area is 298 Å². The molecule has 0 saturated heterocycles. The van der Waals surface area contributed by atoms with Crippen molar-refractivity contribution in [3.63, 3.8) is 0 Å². The Kier molecular flexibility index (Phi) is 6.60. The van der Waals surface area contributed by atoms with Crippen LogP contribution in [0, 0.1) is 0 Å². The number of nitrogens with zero attached hydrogens (tertiary/aromatic N) is 1. The maximum atomic E-state index is 5.20. The summed E-state index contributed by atoms with van der Waals surface area (Å²) < 4.78 is 0. The zero-order valence-electron chi connectivity index (χ0n) is 28.7. The lowest BCUT2D eigenvalue weighted by atomic mass is 9.79. The molecule has 8 aromatic carbocycles. The first-order valence-corrected chi connectivity index (χ1v) is 17.8. The van der Waals surface area contributed by atoms with Crippen molar-refractivity contribution in [3.8, 4) is 55.9 Å². The van der Waals surface area contributed by atoms with E-state index in [0.29, 0.717) is 0 Å². The van der Waals surface area contributed by atoms with Crippen LogP contribution >= 0.6 is 0 Å². The van der Waals surface area contributed by atoms with Gasteiger partial charge in [0.1, 0.15) is 0 Å². The summed E-state index contributed by atoms with van der Waals surface area (Å²) in [6.07, 6.45) is 0. The first kappa shape index (κ1) is 29.6. The van der Waals surface area contributed by atoms with Gasteiger partial charge in [-0.3, -0.25) is 0 Å². The number of fused-ring (bicyclic) bond motifs is 9. The molecule has 1 heterocycles. The average molecular weight is 650 g/mol. The van der Waals surface area contributed by atoms with E-state index in [1.165, 1.54) is 71.3 Å². The van der Waals surface area contributed by atoms with Crippen molar-refractivity contribution in [2.24, 2.45) is 0 Å². The molecule has 51 heavy (non-hydrogen) atoms. The van der Waals surface area contributed by atoms with E-state index >= 15 is 0 Å². The molecule has 0 amide bonds. The lowest BCUT2D eigenvalue weighted by Crippen LogP contribution is -2.15. The van der Waals surface area contributed by atoms with Crippen LogP contribution in [0.3, 0.4) is 0 Å². The van der Waals surface area contributed by atoms with Crippen LogP contribution in [0.5, 0.6) is 0 Å². The maximum absolute atomic E-state index is 5.20. The van der Waals surface area contributed by atoms with Crippen LogP contribution in [-0.2, 0) is 5.41 Å². The van der Waals surface area contributed by atoms with E-state index in [9.17, 15) is 0 Å². The van der Waals surface area contributed by atoms with Crippen LogP contribution in [0.1, 0.15) is 25.0 Å². The molecule has 0 atom stereocenters. The minimum Gasteiger partial charge on any atom is -0.248 e. The smallest absolute Gasteiger partial charge is 0.0715 e. The molecular formula is C50H35N. The molecule has 0 N–H and O–H groups in total. The van der Waals surface area contributed by atoms with Crippen molar-refractivity contribution in [3.05, 3.63) is 187 Å². The Balaban J connectivity index is 1.10. The maximum Gasteiger partial charge on any atom is 0.0715 e. The number of benzene rings is 8. The monoisotopic (exact) mass is 649 g/mol. The first-order valence-electron chi connectivity index (χ1n) is 17.8. The summed E-state index contributed by atoms with van der Waals surface area (Å²) in [5.74, 6) is 0. The van der Waals surface area contributed by atoms with Crippen molar-refractivity contribution in [1.29, 1.82) is 0 Å². The van der Waals surface area contributed by atoms with Gasteiger partial charge in [-0.1, -0.05) is 153 Å². The molecule has 0 spiro atoms. The molecule has 9 aromatic rings. The summed E-state index contributed by atoms with van der Waals surface area (Å²) in [5, 5.41) is 7.88. The second-order valence-electron chi connectivity index (χ2n) is 14.4. The van der Waals surface area contributed by atoms with Crippen LogP contribution in [0.2, 0.25) is 0 Å². The lowest BCUT2D eigenvalue weighted by Gasteiger charge is -2.24. The largest absolute Gasteiger partial charge is 0.248 e. The molecule has 0 saturated carbocycles.